The van der Waals surface area contributed by atoms with E-state index in [1.165, 1.54) is 13.1 Å². The highest BCUT2D eigenvalue weighted by Crippen LogP contribution is 2.11. The maximum absolute atomic E-state index is 12.1. The topological polar surface area (TPSA) is 97.3 Å². The molecular weight excluding hydrogens is 318 g/mol. The monoisotopic (exact) mass is 341 g/mol. The van der Waals surface area contributed by atoms with E-state index in [9.17, 15) is 14.9 Å². The van der Waals surface area contributed by atoms with Crippen molar-refractivity contribution >= 4 is 17.4 Å². The summed E-state index contributed by atoms with van der Waals surface area (Å²) >= 11 is 0. The number of rotatable bonds is 7. The average molecular weight is 341 g/mol. The predicted octanol–water partition coefficient (Wildman–Crippen LogP) is 0.730. The first-order valence-electron chi connectivity index (χ1n) is 8.29. The van der Waals surface area contributed by atoms with Gasteiger partial charge in [-0.25, -0.2) is 0 Å². The van der Waals surface area contributed by atoms with Crippen LogP contribution < -0.4 is 16.0 Å². The minimum Gasteiger partial charge on any atom is -0.360 e. The molecule has 0 aliphatic carbocycles. The number of hydrogen-bond acceptors (Lipinski definition) is 6. The summed E-state index contributed by atoms with van der Waals surface area (Å²) in [6.45, 7) is 6.59. The van der Waals surface area contributed by atoms with E-state index < -0.39 is 5.91 Å². The molecule has 7 heteroatoms. The fraction of sp³-hybridized carbons (Fsp3) is 0.389. The van der Waals surface area contributed by atoms with Gasteiger partial charge in [-0.1, -0.05) is 12.1 Å². The van der Waals surface area contributed by atoms with Gasteiger partial charge in [-0.2, -0.15) is 5.26 Å². The van der Waals surface area contributed by atoms with E-state index in [0.717, 1.165) is 32.7 Å². The van der Waals surface area contributed by atoms with Crippen LogP contribution in [0.25, 0.3) is 0 Å². The van der Waals surface area contributed by atoms with E-state index >= 15 is 0 Å². The maximum atomic E-state index is 12.1. The number of nitriles is 1. The van der Waals surface area contributed by atoms with Gasteiger partial charge in [0.1, 0.15) is 11.6 Å². The van der Waals surface area contributed by atoms with E-state index in [4.69, 9.17) is 0 Å². The fourth-order valence-corrected chi connectivity index (χ4v) is 2.49. The van der Waals surface area contributed by atoms with Crippen molar-refractivity contribution in [3.05, 3.63) is 41.6 Å². The zero-order valence-electron chi connectivity index (χ0n) is 14.3. The summed E-state index contributed by atoms with van der Waals surface area (Å²) in [5.41, 5.74) is 1.21. The van der Waals surface area contributed by atoms with Crippen LogP contribution in [0.4, 0.5) is 5.69 Å². The highest BCUT2D eigenvalue weighted by atomic mass is 16.1. The number of nitrogens with zero attached hydrogens (tertiary/aromatic N) is 2. The lowest BCUT2D eigenvalue weighted by Gasteiger charge is -2.27. The van der Waals surface area contributed by atoms with Crippen molar-refractivity contribution in [2.45, 2.75) is 6.92 Å². The summed E-state index contributed by atoms with van der Waals surface area (Å²) in [6.07, 6.45) is 1.36. The van der Waals surface area contributed by atoms with E-state index in [1.54, 1.807) is 24.3 Å². The second kappa shape index (κ2) is 9.57. The van der Waals surface area contributed by atoms with Crippen molar-refractivity contribution in [2.24, 2.45) is 0 Å². The van der Waals surface area contributed by atoms with Gasteiger partial charge in [0.05, 0.1) is 0 Å². The largest absolute Gasteiger partial charge is 0.360 e. The highest BCUT2D eigenvalue weighted by Gasteiger charge is 2.11. The number of ketones is 1. The van der Waals surface area contributed by atoms with E-state index in [1.807, 2.05) is 6.07 Å². The Bertz CT molecular complexity index is 687. The van der Waals surface area contributed by atoms with Crippen LogP contribution in [-0.2, 0) is 4.79 Å². The Morgan fingerprint density at radius 2 is 2.12 bits per heavy atom. The van der Waals surface area contributed by atoms with Crippen molar-refractivity contribution in [3.8, 4) is 6.07 Å². The van der Waals surface area contributed by atoms with Gasteiger partial charge in [-0.15, -0.1) is 0 Å². The first-order chi connectivity index (χ1) is 12.1. The SMILES string of the molecule is CC(=O)c1cccc(N/C=C(/C#N)C(=O)NCCN2CCNCC2)c1. The molecule has 1 saturated heterocycles. The van der Waals surface area contributed by atoms with E-state index in [2.05, 4.69) is 20.9 Å². The quantitative estimate of drug-likeness (QED) is 0.384. The van der Waals surface area contributed by atoms with Crippen LogP contribution in [0.2, 0.25) is 0 Å². The average Bonchev–Trinajstić information content (AvgIpc) is 2.63. The van der Waals surface area contributed by atoms with Gasteiger partial charge in [0.2, 0.25) is 0 Å². The molecular formula is C18H23N5O2. The molecule has 0 bridgehead atoms. The second-order valence-electron chi connectivity index (χ2n) is 5.80. The molecule has 0 atom stereocenters. The molecule has 25 heavy (non-hydrogen) atoms. The van der Waals surface area contributed by atoms with Gasteiger partial charge in [0.15, 0.2) is 5.78 Å². The van der Waals surface area contributed by atoms with Gasteiger partial charge in [-0.05, 0) is 19.1 Å². The Morgan fingerprint density at radius 1 is 1.36 bits per heavy atom. The summed E-state index contributed by atoms with van der Waals surface area (Å²) < 4.78 is 0. The molecule has 7 nitrogen and oxygen atoms in total. The van der Waals surface area contributed by atoms with Crippen molar-refractivity contribution in [2.75, 3.05) is 44.6 Å². The van der Waals surface area contributed by atoms with Gasteiger partial charge in [0.25, 0.3) is 5.91 Å². The number of benzene rings is 1. The number of nitrogens with one attached hydrogen (secondary N) is 3. The molecule has 0 saturated carbocycles. The standard InChI is InChI=1S/C18H23N5O2/c1-14(24)15-3-2-4-17(11-15)22-13-16(12-19)18(25)21-7-10-23-8-5-20-6-9-23/h2-4,11,13,20,22H,5-10H2,1H3,(H,21,25)/b16-13-. The number of anilines is 1. The zero-order valence-corrected chi connectivity index (χ0v) is 14.3. The summed E-state index contributed by atoms with van der Waals surface area (Å²) in [6, 6.07) is 8.79. The smallest absolute Gasteiger partial charge is 0.263 e. The lowest BCUT2D eigenvalue weighted by atomic mass is 10.1. The van der Waals surface area contributed by atoms with Gasteiger partial charge in [-0.3, -0.25) is 14.5 Å². The van der Waals surface area contributed by atoms with Gasteiger partial charge in [0, 0.05) is 56.7 Å². The molecule has 3 N–H and O–H groups in total. The Morgan fingerprint density at radius 3 is 2.80 bits per heavy atom. The Balaban J connectivity index is 1.86. The number of piperazine rings is 1. The van der Waals surface area contributed by atoms with Crippen LogP contribution in [0.3, 0.4) is 0 Å². The number of Topliss-reactive ketones (excluding diaryl/α,β-unsaturated/α-hetero) is 1. The summed E-state index contributed by atoms with van der Waals surface area (Å²) in [4.78, 5) is 25.7. The van der Waals surface area contributed by atoms with Crippen LogP contribution in [0, 0.1) is 11.3 Å². The maximum Gasteiger partial charge on any atom is 0.263 e. The van der Waals surface area contributed by atoms with Crippen molar-refractivity contribution < 1.29 is 9.59 Å². The van der Waals surface area contributed by atoms with Gasteiger partial charge >= 0.3 is 0 Å². The minimum atomic E-state index is -0.409. The number of hydrogen-bond donors (Lipinski definition) is 3. The Hall–Kier alpha value is -2.69. The summed E-state index contributed by atoms with van der Waals surface area (Å²) in [5, 5.41) is 18.1. The number of amides is 1. The predicted molar refractivity (Wildman–Crippen MR) is 96.1 cm³/mol. The van der Waals surface area contributed by atoms with Crippen LogP contribution in [0.15, 0.2) is 36.0 Å². The van der Waals surface area contributed by atoms with E-state index in [0.29, 0.717) is 17.8 Å². The Labute approximate surface area is 147 Å². The number of carbonyl (C=O) groups excluding carboxylic acids is 2. The molecule has 1 heterocycles. The third-order valence-electron chi connectivity index (χ3n) is 3.94. The molecule has 0 aromatic heterocycles. The molecule has 0 radical (unpaired) electrons. The van der Waals surface area contributed by atoms with Crippen molar-refractivity contribution in [1.29, 1.82) is 5.26 Å². The summed E-state index contributed by atoms with van der Waals surface area (Å²) in [5.74, 6) is -0.452. The third kappa shape index (κ3) is 6.03. The zero-order chi connectivity index (χ0) is 18.1. The normalized spacial score (nSPS) is 15.3. The molecule has 1 aliphatic rings. The molecule has 1 fully saturated rings. The lowest BCUT2D eigenvalue weighted by molar-refractivity contribution is -0.117. The summed E-state index contributed by atoms with van der Waals surface area (Å²) in [7, 11) is 0. The molecule has 1 amide bonds. The minimum absolute atomic E-state index is 0.00598. The number of carbonyl (C=O) groups is 2. The third-order valence-corrected chi connectivity index (χ3v) is 3.94. The molecule has 1 aliphatic heterocycles. The van der Waals surface area contributed by atoms with E-state index in [-0.39, 0.29) is 11.4 Å². The fourth-order valence-electron chi connectivity index (χ4n) is 2.49. The van der Waals surface area contributed by atoms with Crippen LogP contribution in [0.5, 0.6) is 0 Å². The van der Waals surface area contributed by atoms with Crippen LogP contribution in [-0.4, -0.2) is 55.9 Å². The molecule has 1 aromatic rings. The molecule has 1 aromatic carbocycles. The first-order valence-corrected chi connectivity index (χ1v) is 8.29. The van der Waals surface area contributed by atoms with Gasteiger partial charge < -0.3 is 16.0 Å². The first kappa shape index (κ1) is 18.6. The van der Waals surface area contributed by atoms with Crippen LogP contribution >= 0.6 is 0 Å². The molecule has 0 unspecified atom stereocenters. The van der Waals surface area contributed by atoms with Crippen molar-refractivity contribution in [1.82, 2.24) is 15.5 Å². The highest BCUT2D eigenvalue weighted by molar-refractivity contribution is 5.97. The van der Waals surface area contributed by atoms with Crippen molar-refractivity contribution in [3.63, 3.8) is 0 Å². The molecule has 0 spiro atoms. The molecule has 132 valence electrons. The second-order valence-corrected chi connectivity index (χ2v) is 5.80. The Kier molecular flexibility index (Phi) is 7.14. The lowest BCUT2D eigenvalue weighted by Crippen LogP contribution is -2.46. The molecule has 2 rings (SSSR count). The van der Waals surface area contributed by atoms with Crippen LogP contribution in [0.1, 0.15) is 17.3 Å².